The molecule has 1 aliphatic heterocycles. The zero-order valence-electron chi connectivity index (χ0n) is 18.1. The summed E-state index contributed by atoms with van der Waals surface area (Å²) in [6.45, 7) is 15.4. The Hall–Kier alpha value is -1.10. The topological polar surface area (TPSA) is 41.9 Å². The number of likely N-dealkylation sites (tertiary alicyclic amines) is 1. The van der Waals surface area contributed by atoms with Crippen LogP contribution in [0.5, 0.6) is 5.75 Å². The quantitative estimate of drug-likeness (QED) is 0.638. The smallest absolute Gasteiger partial charge is 0.119 e. The number of hydrogen-bond donors (Lipinski definition) is 1. The summed E-state index contributed by atoms with van der Waals surface area (Å²) in [5.74, 6) is 1.39. The van der Waals surface area contributed by atoms with E-state index in [1.165, 1.54) is 24.8 Å². The van der Waals surface area contributed by atoms with Gasteiger partial charge in [-0.05, 0) is 70.6 Å². The third-order valence-corrected chi connectivity index (χ3v) is 5.79. The largest absolute Gasteiger partial charge is 0.491 e. The molecule has 4 nitrogen and oxygen atoms in total. The molecule has 0 radical (unpaired) electrons. The van der Waals surface area contributed by atoms with Gasteiger partial charge in [0, 0.05) is 17.6 Å². The molecule has 0 amide bonds. The summed E-state index contributed by atoms with van der Waals surface area (Å²) in [5, 5.41) is 10.5. The van der Waals surface area contributed by atoms with Crippen molar-refractivity contribution in [1.82, 2.24) is 4.90 Å². The maximum atomic E-state index is 10.5. The molecule has 0 aliphatic carbocycles. The number of ether oxygens (including phenoxy) is 2. The number of aliphatic hydroxyl groups is 1. The first-order chi connectivity index (χ1) is 12.6. The van der Waals surface area contributed by atoms with Gasteiger partial charge < -0.3 is 14.6 Å². The molecule has 1 aliphatic rings. The van der Waals surface area contributed by atoms with Crippen LogP contribution in [-0.4, -0.2) is 53.6 Å². The number of nitrogens with zero attached hydrogens (tertiary/aromatic N) is 1. The highest BCUT2D eigenvalue weighted by molar-refractivity contribution is 5.28. The second-order valence-electron chi connectivity index (χ2n) is 9.39. The van der Waals surface area contributed by atoms with Crippen molar-refractivity contribution in [1.29, 1.82) is 0 Å². The van der Waals surface area contributed by atoms with Crippen molar-refractivity contribution in [3.05, 3.63) is 29.8 Å². The van der Waals surface area contributed by atoms with Gasteiger partial charge in [-0.3, -0.25) is 4.90 Å². The van der Waals surface area contributed by atoms with Crippen LogP contribution in [0.4, 0.5) is 0 Å². The van der Waals surface area contributed by atoms with Gasteiger partial charge in [-0.15, -0.1) is 0 Å². The minimum absolute atomic E-state index is 0.119. The lowest BCUT2D eigenvalue weighted by Crippen LogP contribution is -2.60. The zero-order chi connectivity index (χ0) is 20.1. The molecular weight excluding hydrogens is 338 g/mol. The fraction of sp³-hybridized carbons (Fsp3) is 0.739. The molecule has 1 N–H and O–H groups in total. The van der Waals surface area contributed by atoms with Gasteiger partial charge in [0.25, 0.3) is 0 Å². The average molecular weight is 378 g/mol. The maximum absolute atomic E-state index is 10.5. The van der Waals surface area contributed by atoms with E-state index in [-0.39, 0.29) is 11.1 Å². The van der Waals surface area contributed by atoms with E-state index in [0.717, 1.165) is 5.75 Å². The molecule has 0 spiro atoms. The summed E-state index contributed by atoms with van der Waals surface area (Å²) in [4.78, 5) is 2.45. The van der Waals surface area contributed by atoms with Crippen molar-refractivity contribution in [2.24, 2.45) is 0 Å². The molecule has 4 heteroatoms. The molecule has 0 aromatic heterocycles. The van der Waals surface area contributed by atoms with Gasteiger partial charge in [-0.1, -0.05) is 26.0 Å². The molecule has 27 heavy (non-hydrogen) atoms. The van der Waals surface area contributed by atoms with E-state index in [9.17, 15) is 5.11 Å². The van der Waals surface area contributed by atoms with E-state index >= 15 is 0 Å². The summed E-state index contributed by atoms with van der Waals surface area (Å²) in [6, 6.07) is 8.22. The Kier molecular flexibility index (Phi) is 7.73. The Morgan fingerprint density at radius 3 is 2.15 bits per heavy atom. The third kappa shape index (κ3) is 6.48. The Labute approximate surface area is 165 Å². The highest BCUT2D eigenvalue weighted by atomic mass is 16.5. The van der Waals surface area contributed by atoms with Crippen molar-refractivity contribution in [2.75, 3.05) is 26.4 Å². The molecule has 1 heterocycles. The van der Waals surface area contributed by atoms with E-state index in [1.54, 1.807) is 0 Å². The maximum Gasteiger partial charge on any atom is 0.119 e. The predicted octanol–water partition coefficient (Wildman–Crippen LogP) is 4.61. The SMILES string of the molecule is CC(C)c1ccc(OCCOCC(O)CN2C(C)(C)CCCC2(C)C)cc1. The zero-order valence-corrected chi connectivity index (χ0v) is 18.1. The number of benzene rings is 1. The van der Waals surface area contributed by atoms with Crippen LogP contribution >= 0.6 is 0 Å². The number of piperidine rings is 1. The minimum atomic E-state index is -0.480. The molecular formula is C23H39NO3. The molecule has 1 atom stereocenters. The van der Waals surface area contributed by atoms with Crippen molar-refractivity contribution in [3.63, 3.8) is 0 Å². The van der Waals surface area contributed by atoms with Gasteiger partial charge in [0.2, 0.25) is 0 Å². The molecule has 2 rings (SSSR count). The van der Waals surface area contributed by atoms with E-state index < -0.39 is 6.10 Å². The Bertz CT molecular complexity index is 549. The van der Waals surface area contributed by atoms with Crippen LogP contribution < -0.4 is 4.74 Å². The summed E-state index contributed by atoms with van der Waals surface area (Å²) in [5.41, 5.74) is 1.55. The summed E-state index contributed by atoms with van der Waals surface area (Å²) in [6.07, 6.45) is 3.12. The van der Waals surface area contributed by atoms with Gasteiger partial charge in [0.15, 0.2) is 0 Å². The van der Waals surface area contributed by atoms with Crippen LogP contribution in [0.25, 0.3) is 0 Å². The van der Waals surface area contributed by atoms with Crippen molar-refractivity contribution in [3.8, 4) is 5.75 Å². The first-order valence-electron chi connectivity index (χ1n) is 10.4. The number of rotatable bonds is 9. The summed E-state index contributed by atoms with van der Waals surface area (Å²) < 4.78 is 11.4. The Morgan fingerprint density at radius 1 is 1.00 bits per heavy atom. The monoisotopic (exact) mass is 377 g/mol. The average Bonchev–Trinajstić information content (AvgIpc) is 2.58. The Balaban J connectivity index is 1.69. The van der Waals surface area contributed by atoms with Gasteiger partial charge in [-0.2, -0.15) is 0 Å². The van der Waals surface area contributed by atoms with E-state index in [0.29, 0.717) is 32.3 Å². The normalized spacial score (nSPS) is 20.6. The molecule has 1 aromatic carbocycles. The highest BCUT2D eigenvalue weighted by Gasteiger charge is 2.41. The molecule has 1 unspecified atom stereocenters. The minimum Gasteiger partial charge on any atom is -0.491 e. The van der Waals surface area contributed by atoms with Crippen LogP contribution in [0.1, 0.15) is 72.3 Å². The standard InChI is InChI=1S/C23H39NO3/c1-18(2)19-8-10-21(11-9-19)27-15-14-26-17-20(25)16-24-22(3,4)12-7-13-23(24,5)6/h8-11,18,20,25H,7,12-17H2,1-6H3. The number of aliphatic hydroxyl groups excluding tert-OH is 1. The lowest BCUT2D eigenvalue weighted by atomic mass is 9.79. The molecule has 0 bridgehead atoms. The lowest BCUT2D eigenvalue weighted by Gasteiger charge is -2.53. The Morgan fingerprint density at radius 2 is 1.59 bits per heavy atom. The van der Waals surface area contributed by atoms with Crippen LogP contribution in [0.3, 0.4) is 0 Å². The van der Waals surface area contributed by atoms with Gasteiger partial charge in [0.05, 0.1) is 19.3 Å². The van der Waals surface area contributed by atoms with Crippen LogP contribution in [0, 0.1) is 0 Å². The van der Waals surface area contributed by atoms with Crippen molar-refractivity contribution < 1.29 is 14.6 Å². The second-order valence-corrected chi connectivity index (χ2v) is 9.39. The van der Waals surface area contributed by atoms with E-state index in [4.69, 9.17) is 9.47 Å². The van der Waals surface area contributed by atoms with E-state index in [2.05, 4.69) is 58.6 Å². The molecule has 0 saturated carbocycles. The van der Waals surface area contributed by atoms with E-state index in [1.807, 2.05) is 12.1 Å². The van der Waals surface area contributed by atoms with Crippen LogP contribution in [0.2, 0.25) is 0 Å². The predicted molar refractivity (Wildman–Crippen MR) is 112 cm³/mol. The molecule has 1 fully saturated rings. The van der Waals surface area contributed by atoms with Crippen molar-refractivity contribution in [2.45, 2.75) is 83.9 Å². The second kappa shape index (κ2) is 9.40. The molecule has 154 valence electrons. The fourth-order valence-electron chi connectivity index (χ4n) is 4.19. The lowest BCUT2D eigenvalue weighted by molar-refractivity contribution is -0.0710. The fourth-order valence-corrected chi connectivity index (χ4v) is 4.19. The summed E-state index contributed by atoms with van der Waals surface area (Å²) in [7, 11) is 0. The summed E-state index contributed by atoms with van der Waals surface area (Å²) >= 11 is 0. The van der Waals surface area contributed by atoms with Crippen LogP contribution in [0.15, 0.2) is 24.3 Å². The molecule has 1 aromatic rings. The first kappa shape index (κ1) is 22.2. The third-order valence-electron chi connectivity index (χ3n) is 5.79. The van der Waals surface area contributed by atoms with Crippen molar-refractivity contribution >= 4 is 0 Å². The highest BCUT2D eigenvalue weighted by Crippen LogP contribution is 2.38. The number of hydrogen-bond acceptors (Lipinski definition) is 4. The number of β-amino-alcohol motifs (C(OH)–C–C–N with tert-alkyl or cyclic N) is 1. The van der Waals surface area contributed by atoms with Gasteiger partial charge in [-0.25, -0.2) is 0 Å². The van der Waals surface area contributed by atoms with Crippen LogP contribution in [-0.2, 0) is 4.74 Å². The molecule has 1 saturated heterocycles. The first-order valence-corrected chi connectivity index (χ1v) is 10.4. The van der Waals surface area contributed by atoms with Gasteiger partial charge >= 0.3 is 0 Å². The van der Waals surface area contributed by atoms with Gasteiger partial charge in [0.1, 0.15) is 12.4 Å².